The maximum Gasteiger partial charge on any atom is 0.165 e. The van der Waals surface area contributed by atoms with Gasteiger partial charge in [-0.1, -0.05) is 0 Å². The second-order valence-corrected chi connectivity index (χ2v) is 7.24. The molecule has 2 aromatic rings. The summed E-state index contributed by atoms with van der Waals surface area (Å²) < 4.78 is 17.3. The number of rotatable bonds is 4. The summed E-state index contributed by atoms with van der Waals surface area (Å²) in [5.41, 5.74) is 1.92. The van der Waals surface area contributed by atoms with Crippen LogP contribution in [0, 0.1) is 12.3 Å². The Labute approximate surface area is 164 Å². The first-order valence-electron chi connectivity index (χ1n) is 9.68. The van der Waals surface area contributed by atoms with Gasteiger partial charge in [0, 0.05) is 43.9 Å². The zero-order valence-corrected chi connectivity index (χ0v) is 16.3. The number of aromatic amines is 1. The molecule has 1 aromatic heterocycles. The van der Waals surface area contributed by atoms with E-state index in [0.29, 0.717) is 19.0 Å². The van der Waals surface area contributed by atoms with Crippen LogP contribution < -0.4 is 14.2 Å². The topological polar surface area (TPSA) is 83.5 Å². The number of hydrogen-bond donors (Lipinski definition) is 2. The van der Waals surface area contributed by atoms with E-state index in [-0.39, 0.29) is 6.10 Å². The molecule has 1 aromatic carbocycles. The van der Waals surface area contributed by atoms with Gasteiger partial charge in [0.25, 0.3) is 0 Å². The Balaban J connectivity index is 1.32. The molecule has 0 bridgehead atoms. The number of aryl methyl sites for hydroxylation is 1. The number of ether oxygens (including phenoxy) is 3. The highest BCUT2D eigenvalue weighted by Crippen LogP contribution is 2.34. The molecule has 0 aliphatic carbocycles. The van der Waals surface area contributed by atoms with Crippen molar-refractivity contribution in [2.45, 2.75) is 32.8 Å². The lowest BCUT2D eigenvalue weighted by molar-refractivity contribution is 0.128. The van der Waals surface area contributed by atoms with Crippen molar-refractivity contribution in [2.75, 3.05) is 26.3 Å². The number of nitrogens with one attached hydrogen (secondary N) is 2. The Hall–Kier alpha value is -2.96. The Morgan fingerprint density at radius 2 is 2.00 bits per heavy atom. The van der Waals surface area contributed by atoms with Crippen molar-refractivity contribution < 1.29 is 14.2 Å². The number of imidazole rings is 1. The fourth-order valence-electron chi connectivity index (χ4n) is 3.52. The van der Waals surface area contributed by atoms with E-state index in [9.17, 15) is 0 Å². The van der Waals surface area contributed by atoms with Gasteiger partial charge in [0.1, 0.15) is 36.7 Å². The quantitative estimate of drug-likeness (QED) is 0.625. The SMILES string of the molecule is C/C(=C/c1ncc(C)[nH]1)C(=N)N1CCC(Oc2ccc3c(c2)OCCO3)CC1. The Kier molecular flexibility index (Phi) is 5.23. The minimum absolute atomic E-state index is 0.142. The Morgan fingerprint density at radius 1 is 1.25 bits per heavy atom. The molecular formula is C21H26N4O3. The zero-order valence-electron chi connectivity index (χ0n) is 16.3. The molecule has 4 rings (SSSR count). The summed E-state index contributed by atoms with van der Waals surface area (Å²) in [6, 6.07) is 5.74. The average molecular weight is 382 g/mol. The van der Waals surface area contributed by atoms with E-state index in [1.165, 1.54) is 0 Å². The van der Waals surface area contributed by atoms with Gasteiger partial charge in [-0.25, -0.2) is 4.98 Å². The minimum atomic E-state index is 0.142. The average Bonchev–Trinajstić information content (AvgIpc) is 3.12. The van der Waals surface area contributed by atoms with Crippen LogP contribution in [0.1, 0.15) is 31.3 Å². The summed E-state index contributed by atoms with van der Waals surface area (Å²) >= 11 is 0. The van der Waals surface area contributed by atoms with Gasteiger partial charge < -0.3 is 24.1 Å². The maximum absolute atomic E-state index is 8.48. The van der Waals surface area contributed by atoms with Crippen LogP contribution in [0.4, 0.5) is 0 Å². The van der Waals surface area contributed by atoms with Gasteiger partial charge in [-0.15, -0.1) is 0 Å². The molecule has 2 aliphatic heterocycles. The van der Waals surface area contributed by atoms with Gasteiger partial charge in [-0.2, -0.15) is 0 Å². The van der Waals surface area contributed by atoms with Gasteiger partial charge in [-0.05, 0) is 37.6 Å². The normalized spacial score (nSPS) is 17.5. The monoisotopic (exact) mass is 382 g/mol. The van der Waals surface area contributed by atoms with Crippen molar-refractivity contribution in [1.29, 1.82) is 5.41 Å². The third-order valence-corrected chi connectivity index (χ3v) is 5.02. The molecule has 0 atom stereocenters. The number of amidine groups is 1. The summed E-state index contributed by atoms with van der Waals surface area (Å²) in [6.07, 6.45) is 5.62. The number of nitrogens with zero attached hydrogens (tertiary/aromatic N) is 2. The molecular weight excluding hydrogens is 356 g/mol. The van der Waals surface area contributed by atoms with Crippen molar-refractivity contribution in [3.8, 4) is 17.2 Å². The first kappa shape index (κ1) is 18.4. The molecule has 7 nitrogen and oxygen atoms in total. The second-order valence-electron chi connectivity index (χ2n) is 7.24. The third-order valence-electron chi connectivity index (χ3n) is 5.02. The second kappa shape index (κ2) is 7.96. The number of likely N-dealkylation sites (tertiary alicyclic amines) is 1. The van der Waals surface area contributed by atoms with Crippen LogP contribution in [0.25, 0.3) is 6.08 Å². The van der Waals surface area contributed by atoms with Crippen molar-refractivity contribution >= 4 is 11.9 Å². The van der Waals surface area contributed by atoms with Crippen molar-refractivity contribution in [1.82, 2.24) is 14.9 Å². The molecule has 0 radical (unpaired) electrons. The number of piperidine rings is 1. The molecule has 28 heavy (non-hydrogen) atoms. The van der Waals surface area contributed by atoms with E-state index in [2.05, 4.69) is 14.9 Å². The Morgan fingerprint density at radius 3 is 2.71 bits per heavy atom. The van der Waals surface area contributed by atoms with Crippen molar-refractivity contribution in [3.05, 3.63) is 41.5 Å². The van der Waals surface area contributed by atoms with E-state index in [1.54, 1.807) is 6.20 Å². The molecule has 7 heteroatoms. The number of H-pyrrole nitrogens is 1. The van der Waals surface area contributed by atoms with Crippen LogP contribution in [-0.4, -0.2) is 53.1 Å². The summed E-state index contributed by atoms with van der Waals surface area (Å²) in [5.74, 6) is 3.67. The first-order chi connectivity index (χ1) is 13.6. The standard InChI is InChI=1S/C21H26N4O3/c1-14(11-20-23-13-15(2)24-20)21(22)25-7-5-16(6-8-25)28-17-3-4-18-19(12-17)27-10-9-26-18/h3-4,11-13,16,22H,5-10H2,1-2H3,(H,23,24)/b14-11-,22-21?. The van der Waals surface area contributed by atoms with Gasteiger partial charge in [0.2, 0.25) is 0 Å². The van der Waals surface area contributed by atoms with Crippen LogP contribution >= 0.6 is 0 Å². The van der Waals surface area contributed by atoms with Gasteiger partial charge in [0.05, 0.1) is 0 Å². The zero-order chi connectivity index (χ0) is 19.5. The number of aromatic nitrogens is 2. The molecule has 0 saturated carbocycles. The van der Waals surface area contributed by atoms with E-state index >= 15 is 0 Å². The summed E-state index contributed by atoms with van der Waals surface area (Å²) in [6.45, 7) is 6.69. The summed E-state index contributed by atoms with van der Waals surface area (Å²) in [5, 5.41) is 8.48. The molecule has 148 valence electrons. The van der Waals surface area contributed by atoms with Crippen LogP contribution in [0.15, 0.2) is 30.0 Å². The molecule has 3 heterocycles. The van der Waals surface area contributed by atoms with Crippen LogP contribution in [0.2, 0.25) is 0 Å². The minimum Gasteiger partial charge on any atom is -0.490 e. The maximum atomic E-state index is 8.48. The molecule has 0 spiro atoms. The highest BCUT2D eigenvalue weighted by molar-refractivity contribution is 5.99. The van der Waals surface area contributed by atoms with Crippen molar-refractivity contribution in [2.24, 2.45) is 0 Å². The Bertz CT molecular complexity index is 882. The molecule has 2 N–H and O–H groups in total. The number of fused-ring (bicyclic) bond motifs is 1. The lowest BCUT2D eigenvalue weighted by Gasteiger charge is -2.34. The van der Waals surface area contributed by atoms with E-state index in [0.717, 1.165) is 60.3 Å². The highest BCUT2D eigenvalue weighted by Gasteiger charge is 2.23. The van der Waals surface area contributed by atoms with Crippen molar-refractivity contribution in [3.63, 3.8) is 0 Å². The molecule has 1 saturated heterocycles. The van der Waals surface area contributed by atoms with Crippen LogP contribution in [-0.2, 0) is 0 Å². The highest BCUT2D eigenvalue weighted by atomic mass is 16.6. The molecule has 0 amide bonds. The summed E-state index contributed by atoms with van der Waals surface area (Å²) in [7, 11) is 0. The number of hydrogen-bond acceptors (Lipinski definition) is 5. The van der Waals surface area contributed by atoms with Crippen LogP contribution in [0.5, 0.6) is 17.2 Å². The first-order valence-corrected chi connectivity index (χ1v) is 9.68. The van der Waals surface area contributed by atoms with Crippen LogP contribution in [0.3, 0.4) is 0 Å². The fraction of sp³-hybridized carbons (Fsp3) is 0.429. The molecule has 2 aliphatic rings. The summed E-state index contributed by atoms with van der Waals surface area (Å²) in [4.78, 5) is 9.57. The third kappa shape index (κ3) is 4.13. The van der Waals surface area contributed by atoms with Gasteiger partial charge >= 0.3 is 0 Å². The lowest BCUT2D eigenvalue weighted by Crippen LogP contribution is -2.41. The van der Waals surface area contributed by atoms with E-state index < -0.39 is 0 Å². The van der Waals surface area contributed by atoms with Gasteiger partial charge in [0.15, 0.2) is 11.5 Å². The van der Waals surface area contributed by atoms with E-state index in [1.807, 2.05) is 38.1 Å². The number of benzene rings is 1. The smallest absolute Gasteiger partial charge is 0.165 e. The fourth-order valence-corrected chi connectivity index (χ4v) is 3.52. The van der Waals surface area contributed by atoms with Gasteiger partial charge in [-0.3, -0.25) is 5.41 Å². The lowest BCUT2D eigenvalue weighted by atomic mass is 10.1. The van der Waals surface area contributed by atoms with E-state index in [4.69, 9.17) is 19.6 Å². The predicted molar refractivity (Wildman–Crippen MR) is 107 cm³/mol. The molecule has 0 unspecified atom stereocenters. The molecule has 1 fully saturated rings. The predicted octanol–water partition coefficient (Wildman–Crippen LogP) is 3.41. The largest absolute Gasteiger partial charge is 0.490 e.